The van der Waals surface area contributed by atoms with Gasteiger partial charge in [0, 0.05) is 39.1 Å². The van der Waals surface area contributed by atoms with Crippen LogP contribution in [-0.4, -0.2) is 7.28 Å². The molecule has 4 heteroatoms. The van der Waals surface area contributed by atoms with E-state index < -0.39 is 0 Å². The van der Waals surface area contributed by atoms with Crippen LogP contribution in [-0.2, 0) is 32.5 Å². The van der Waals surface area contributed by atoms with Crippen molar-refractivity contribution in [3.05, 3.63) is 136 Å². The lowest BCUT2D eigenvalue weighted by Gasteiger charge is -2.45. The van der Waals surface area contributed by atoms with Crippen LogP contribution in [0.2, 0.25) is 0 Å². The Morgan fingerprint density at radius 1 is 0.508 bits per heavy atom. The Morgan fingerprint density at radius 3 is 1.71 bits per heavy atom. The van der Waals surface area contributed by atoms with Gasteiger partial charge in [0.15, 0.2) is 7.28 Å². The zero-order valence-corrected chi connectivity index (χ0v) is 41.5. The smallest absolute Gasteiger partial charge is 0.198 e. The molecule has 332 valence electrons. The highest BCUT2D eigenvalue weighted by Gasteiger charge is 2.42. The standard InChI is InChI=1S/C61H69BN2O/c1-36-30-41(53-49(23-20-40-39-16-14-15-17-52(39)65-55(40)53)63-37-18-21-42-44(32-37)58(6,7)26-24-56(42,2)3)54-51(31-36)64(38-19-22-43-45(33-38)59(8,9)27-25-57(43,4)5)50-35-47-46(34-48(50)62-54)60(10,11)28-29-61(47,12)13/h14-23,30-35,62-63H,24-29H2,1-13H3. The van der Waals surface area contributed by atoms with Crippen molar-refractivity contribution in [3.8, 4) is 11.1 Å². The second kappa shape index (κ2) is 13.9. The van der Waals surface area contributed by atoms with Gasteiger partial charge in [-0.25, -0.2) is 0 Å². The highest BCUT2D eigenvalue weighted by Crippen LogP contribution is 2.53. The van der Waals surface area contributed by atoms with Gasteiger partial charge in [0.25, 0.3) is 0 Å². The van der Waals surface area contributed by atoms with Crippen molar-refractivity contribution in [1.82, 2.24) is 0 Å². The molecule has 11 rings (SSSR count). The van der Waals surface area contributed by atoms with Crippen molar-refractivity contribution in [2.45, 2.75) is 161 Å². The number of fused-ring (bicyclic) bond motifs is 8. The zero-order valence-electron chi connectivity index (χ0n) is 41.5. The van der Waals surface area contributed by atoms with E-state index >= 15 is 0 Å². The SMILES string of the molecule is Cc1cc(-c2c(Nc3ccc4c(c3)C(C)(C)CCC4(C)C)ccc3c2oc2ccccc23)c2c(c1)N(c1ccc3c(c1)C(C)(C)CCC3(C)C)c1cc3c(cc1B2)C(C)(C)CCC3(C)C. The van der Waals surface area contributed by atoms with Crippen molar-refractivity contribution in [2.24, 2.45) is 0 Å². The number of nitrogens with one attached hydrogen (secondary N) is 1. The van der Waals surface area contributed by atoms with Crippen LogP contribution in [0.4, 0.5) is 28.4 Å². The summed E-state index contributed by atoms with van der Waals surface area (Å²) < 4.78 is 7.05. The Morgan fingerprint density at radius 2 is 1.06 bits per heavy atom. The Kier molecular flexibility index (Phi) is 9.08. The lowest BCUT2D eigenvalue weighted by atomic mass is 9.55. The summed E-state index contributed by atoms with van der Waals surface area (Å²) in [5.41, 5.74) is 23.8. The lowest BCUT2D eigenvalue weighted by molar-refractivity contribution is 0.332. The molecule has 0 fully saturated rings. The average molecular weight is 857 g/mol. The lowest BCUT2D eigenvalue weighted by Crippen LogP contribution is -2.44. The third kappa shape index (κ3) is 6.58. The van der Waals surface area contributed by atoms with Crippen molar-refractivity contribution in [1.29, 1.82) is 0 Å². The number of aryl methyl sites for hydroxylation is 1. The van der Waals surface area contributed by atoms with Crippen LogP contribution in [0.15, 0.2) is 101 Å². The molecule has 0 amide bonds. The van der Waals surface area contributed by atoms with Crippen molar-refractivity contribution < 1.29 is 4.42 Å². The van der Waals surface area contributed by atoms with Crippen LogP contribution in [0.5, 0.6) is 0 Å². The Labute approximate surface area is 389 Å². The number of para-hydroxylation sites is 1. The predicted molar refractivity (Wildman–Crippen MR) is 281 cm³/mol. The molecule has 0 atom stereocenters. The van der Waals surface area contributed by atoms with E-state index in [2.05, 4.69) is 197 Å². The van der Waals surface area contributed by atoms with Crippen LogP contribution in [0.25, 0.3) is 33.1 Å². The summed E-state index contributed by atoms with van der Waals surface area (Å²) in [4.78, 5) is 2.65. The first-order valence-corrected chi connectivity index (χ1v) is 24.7. The molecule has 2 heterocycles. The van der Waals surface area contributed by atoms with Gasteiger partial charge >= 0.3 is 0 Å². The van der Waals surface area contributed by atoms with Gasteiger partial charge < -0.3 is 14.6 Å². The summed E-state index contributed by atoms with van der Waals surface area (Å²) in [5, 5.41) is 6.35. The van der Waals surface area contributed by atoms with E-state index in [0.29, 0.717) is 0 Å². The monoisotopic (exact) mass is 857 g/mol. The van der Waals surface area contributed by atoms with Crippen molar-refractivity contribution in [3.63, 3.8) is 0 Å². The Bertz CT molecular complexity index is 3130. The normalized spacial score (nSPS) is 20.2. The van der Waals surface area contributed by atoms with Gasteiger partial charge in [-0.05, 0) is 183 Å². The Hall–Kier alpha value is -5.22. The molecular formula is C61H69BN2O. The fourth-order valence-corrected chi connectivity index (χ4v) is 12.7. The van der Waals surface area contributed by atoms with Gasteiger partial charge in [0.2, 0.25) is 0 Å². The maximum atomic E-state index is 7.05. The van der Waals surface area contributed by atoms with Crippen LogP contribution in [0.3, 0.4) is 0 Å². The van der Waals surface area contributed by atoms with Gasteiger partial charge in [-0.1, -0.05) is 131 Å². The number of benzene rings is 6. The van der Waals surface area contributed by atoms with E-state index in [4.69, 9.17) is 4.42 Å². The molecule has 4 aliphatic rings. The predicted octanol–water partition coefficient (Wildman–Crippen LogP) is 15.5. The van der Waals surface area contributed by atoms with Crippen LogP contribution >= 0.6 is 0 Å². The number of anilines is 5. The molecular weight excluding hydrogens is 787 g/mol. The van der Waals surface area contributed by atoms with Gasteiger partial charge in [-0.3, -0.25) is 0 Å². The van der Waals surface area contributed by atoms with Crippen molar-refractivity contribution in [2.75, 3.05) is 10.2 Å². The molecule has 3 aliphatic carbocycles. The minimum absolute atomic E-state index is 0.0844. The highest BCUT2D eigenvalue weighted by molar-refractivity contribution is 6.73. The summed E-state index contributed by atoms with van der Waals surface area (Å²) >= 11 is 0. The fraction of sp³-hybridized carbons (Fsp3) is 0.410. The topological polar surface area (TPSA) is 28.4 Å². The second-order valence-electron chi connectivity index (χ2n) is 24.7. The molecule has 7 aromatic rings. The molecule has 0 spiro atoms. The molecule has 1 N–H and O–H groups in total. The van der Waals surface area contributed by atoms with E-state index in [9.17, 15) is 0 Å². The second-order valence-corrected chi connectivity index (χ2v) is 24.7. The minimum atomic E-state index is 0.0844. The summed E-state index contributed by atoms with van der Waals surface area (Å²) in [5.74, 6) is 0. The van der Waals surface area contributed by atoms with E-state index in [0.717, 1.165) is 46.2 Å². The maximum Gasteiger partial charge on any atom is 0.198 e. The van der Waals surface area contributed by atoms with Crippen LogP contribution in [0, 0.1) is 6.92 Å². The molecule has 0 bridgehead atoms. The van der Waals surface area contributed by atoms with Gasteiger partial charge in [-0.15, -0.1) is 0 Å². The van der Waals surface area contributed by atoms with Crippen LogP contribution in [0.1, 0.15) is 161 Å². The minimum Gasteiger partial charge on any atom is -0.455 e. The van der Waals surface area contributed by atoms with E-state index in [1.54, 1.807) is 0 Å². The first kappa shape index (κ1) is 42.4. The molecule has 6 aromatic carbocycles. The molecule has 0 saturated carbocycles. The fourth-order valence-electron chi connectivity index (χ4n) is 12.7. The van der Waals surface area contributed by atoms with Gasteiger partial charge in [0.05, 0.1) is 5.69 Å². The first-order chi connectivity index (χ1) is 30.5. The first-order valence-electron chi connectivity index (χ1n) is 24.7. The Balaban J connectivity index is 1.18. The summed E-state index contributed by atoms with van der Waals surface area (Å²) in [6.45, 7) is 31.6. The van der Waals surface area contributed by atoms with E-state index in [1.807, 2.05) is 0 Å². The average Bonchev–Trinajstić information content (AvgIpc) is 3.63. The number of furan rings is 1. The summed E-state index contributed by atoms with van der Waals surface area (Å²) in [7, 11) is 0.836. The number of nitrogens with zero attached hydrogens (tertiary/aromatic N) is 1. The largest absolute Gasteiger partial charge is 0.455 e. The number of rotatable bonds is 4. The van der Waals surface area contributed by atoms with E-state index in [1.165, 1.54) is 111 Å². The van der Waals surface area contributed by atoms with Gasteiger partial charge in [-0.2, -0.15) is 0 Å². The quantitative estimate of drug-likeness (QED) is 0.179. The third-order valence-electron chi connectivity index (χ3n) is 17.3. The van der Waals surface area contributed by atoms with Crippen LogP contribution < -0.4 is 21.1 Å². The molecule has 0 unspecified atom stereocenters. The zero-order chi connectivity index (χ0) is 45.8. The summed E-state index contributed by atoms with van der Waals surface area (Å²) in [6, 6.07) is 37.9. The molecule has 1 aliphatic heterocycles. The third-order valence-corrected chi connectivity index (χ3v) is 17.3. The number of hydrogen-bond donors (Lipinski definition) is 1. The van der Waals surface area contributed by atoms with E-state index in [-0.39, 0.29) is 32.5 Å². The molecule has 1 aromatic heterocycles. The number of hydrogen-bond acceptors (Lipinski definition) is 3. The maximum absolute atomic E-state index is 7.05. The molecule has 0 radical (unpaired) electrons. The molecule has 0 saturated heterocycles. The van der Waals surface area contributed by atoms with Crippen molar-refractivity contribution >= 4 is 68.6 Å². The molecule has 65 heavy (non-hydrogen) atoms. The highest BCUT2D eigenvalue weighted by atomic mass is 16.3. The van der Waals surface area contributed by atoms with Gasteiger partial charge in [0.1, 0.15) is 11.2 Å². The summed E-state index contributed by atoms with van der Waals surface area (Å²) in [6.07, 6.45) is 7.13. The molecule has 3 nitrogen and oxygen atoms in total.